The first-order valence-electron chi connectivity index (χ1n) is 24.8. The lowest BCUT2D eigenvalue weighted by atomic mass is 10.0. The molecular weight excluding hydrogens is 1060 g/mol. The van der Waals surface area contributed by atoms with Crippen molar-refractivity contribution in [2.24, 2.45) is 22.9 Å². The van der Waals surface area contributed by atoms with Crippen LogP contribution < -0.4 is 65.5 Å². The van der Waals surface area contributed by atoms with Gasteiger partial charge in [0.2, 0.25) is 47.3 Å². The molecule has 1 heterocycles. The van der Waals surface area contributed by atoms with Crippen LogP contribution in [0.5, 0.6) is 11.5 Å². The van der Waals surface area contributed by atoms with Crippen molar-refractivity contribution in [3.63, 3.8) is 0 Å². The molecular formula is C50H69ClN12O12S2. The number of aliphatic hydroxyl groups excluding tert-OH is 1. The van der Waals surface area contributed by atoms with Gasteiger partial charge in [-0.3, -0.25) is 38.4 Å². The van der Waals surface area contributed by atoms with Gasteiger partial charge in [0.1, 0.15) is 53.8 Å². The molecule has 0 aliphatic carbocycles. The largest absolute Gasteiger partial charge is 0.508 e. The summed E-state index contributed by atoms with van der Waals surface area (Å²) in [5.41, 5.74) is 24.7. The molecule has 10 amide bonds. The van der Waals surface area contributed by atoms with Crippen LogP contribution >= 0.6 is 33.2 Å². The highest BCUT2D eigenvalue weighted by atomic mass is 35.5. The molecule has 3 aromatic rings. The number of nitrogens with two attached hydrogens (primary N) is 4. The highest BCUT2D eigenvalue weighted by Crippen LogP contribution is 2.24. The predicted molar refractivity (Wildman–Crippen MR) is 290 cm³/mol. The zero-order valence-corrected chi connectivity index (χ0v) is 44.7. The molecule has 3 aromatic carbocycles. The normalized spacial score (nSPS) is 21.3. The van der Waals surface area contributed by atoms with Gasteiger partial charge in [-0.1, -0.05) is 69.6 Å². The van der Waals surface area contributed by atoms with E-state index in [9.17, 15) is 58.5 Å². The third-order valence-electron chi connectivity index (χ3n) is 12.1. The van der Waals surface area contributed by atoms with Crippen molar-refractivity contribution in [3.05, 3.63) is 94.5 Å². The summed E-state index contributed by atoms with van der Waals surface area (Å²) in [6.07, 6.45) is -0.780. The van der Waals surface area contributed by atoms with E-state index < -0.39 is 108 Å². The number of urea groups is 1. The molecule has 27 heteroatoms. The maximum atomic E-state index is 14.6. The maximum Gasteiger partial charge on any atom is 0.312 e. The van der Waals surface area contributed by atoms with E-state index in [1.54, 1.807) is 24.3 Å². The summed E-state index contributed by atoms with van der Waals surface area (Å²) in [6.45, 7) is 1.55. The summed E-state index contributed by atoms with van der Waals surface area (Å²) in [5.74, 6) is -7.89. The SMILES string of the molecule is C[C@@H](O)[C@@H]1NC(=O)[C@H](CCCCN)NC(=O)[C@@H](CCCCNC(N)=O)NC(=O)[C@H](Cc2ccc(O)cc2)NC(=O)[C@H](NC(=O)[C@@H](N)Cc2ccc(Cl)cc2)CSSC[C@@H](C(=O)N[C@H](Cc2ccc(O)cc2)C(N)=O)NC1=O. The number of aromatic hydroxyl groups is 2. The summed E-state index contributed by atoms with van der Waals surface area (Å²) >= 11 is 6.06. The second-order valence-electron chi connectivity index (χ2n) is 18.3. The van der Waals surface area contributed by atoms with Crippen LogP contribution in [0.2, 0.25) is 5.02 Å². The van der Waals surface area contributed by atoms with Crippen molar-refractivity contribution in [3.8, 4) is 11.5 Å². The van der Waals surface area contributed by atoms with Crippen molar-refractivity contribution >= 4 is 86.5 Å². The van der Waals surface area contributed by atoms with Gasteiger partial charge in [-0.05, 0) is 112 Å². The summed E-state index contributed by atoms with van der Waals surface area (Å²) < 4.78 is 0. The number of hydrogen-bond acceptors (Lipinski definition) is 16. The summed E-state index contributed by atoms with van der Waals surface area (Å²) in [7, 11) is 1.91. The molecule has 1 saturated heterocycles. The molecule has 9 atom stereocenters. The van der Waals surface area contributed by atoms with E-state index in [1.807, 2.05) is 0 Å². The highest BCUT2D eigenvalue weighted by molar-refractivity contribution is 8.76. The quantitative estimate of drug-likeness (QED) is 0.0437. The van der Waals surface area contributed by atoms with Crippen LogP contribution in [0, 0.1) is 0 Å². The van der Waals surface area contributed by atoms with Crippen LogP contribution in [0.25, 0.3) is 0 Å². The Morgan fingerprint density at radius 1 is 0.675 bits per heavy atom. The van der Waals surface area contributed by atoms with E-state index >= 15 is 0 Å². The third kappa shape index (κ3) is 22.0. The van der Waals surface area contributed by atoms with E-state index in [0.717, 1.165) is 21.6 Å². The molecule has 0 radical (unpaired) electrons. The van der Waals surface area contributed by atoms with Gasteiger partial charge < -0.3 is 80.8 Å². The van der Waals surface area contributed by atoms with Gasteiger partial charge in [-0.25, -0.2) is 4.79 Å². The molecule has 1 fully saturated rings. The number of amides is 10. The number of unbranched alkanes of at least 4 members (excludes halogenated alkanes) is 2. The third-order valence-corrected chi connectivity index (χ3v) is 14.7. The fourth-order valence-corrected chi connectivity index (χ4v) is 10.2. The van der Waals surface area contributed by atoms with Gasteiger partial charge in [0.15, 0.2) is 0 Å². The molecule has 4 rings (SSSR count). The van der Waals surface area contributed by atoms with E-state index in [1.165, 1.54) is 55.5 Å². The predicted octanol–water partition coefficient (Wildman–Crippen LogP) is -1.27. The number of benzene rings is 3. The van der Waals surface area contributed by atoms with E-state index in [2.05, 4.69) is 42.5 Å². The Kier molecular flexibility index (Phi) is 26.1. The zero-order chi connectivity index (χ0) is 56.6. The fraction of sp³-hybridized carbons (Fsp3) is 0.460. The number of primary amides is 2. The standard InChI is InChI=1S/C50H69ClN12O12S2/c1-27(64)41-49(74)62-40(47(72)59-37(42(54)67)23-29-10-16-32(65)17-11-29)26-77-76-25-39(61-43(68)34(53)22-28-8-14-31(51)15-9-28)48(73)60-38(24-30-12-18-33(66)19-13-30)46(71)58-35(7-3-5-21-56-50(55)75)44(69)57-36(45(70)63-41)6-2-4-20-52/h8-19,27,34-41,64-66H,2-7,20-26,52-53H2,1H3,(H2,54,67)(H,57,69)(H,58,71)(H,59,72)(H,60,73)(H,61,68)(H,62,74)(H,63,70)(H3,55,56,75)/t27-,34+,35-,36+,37-,38+,39-,40+,41+/m1/s1. The molecule has 1 aliphatic heterocycles. The number of carbonyl (C=O) groups is 9. The molecule has 0 spiro atoms. The minimum absolute atomic E-state index is 0.0312. The van der Waals surface area contributed by atoms with Crippen LogP contribution in [-0.2, 0) is 57.6 Å². The molecule has 420 valence electrons. The number of nitrogens with one attached hydrogen (secondary N) is 8. The molecule has 19 N–H and O–H groups in total. The number of carbonyl (C=O) groups excluding carboxylic acids is 9. The van der Waals surface area contributed by atoms with Gasteiger partial charge in [-0.15, -0.1) is 0 Å². The van der Waals surface area contributed by atoms with E-state index in [4.69, 9.17) is 34.5 Å². The molecule has 0 unspecified atom stereocenters. The van der Waals surface area contributed by atoms with E-state index in [0.29, 0.717) is 41.0 Å². The molecule has 1 aliphatic rings. The number of aliphatic hydroxyl groups is 1. The number of hydrogen-bond donors (Lipinski definition) is 15. The lowest BCUT2D eigenvalue weighted by Gasteiger charge is -2.29. The van der Waals surface area contributed by atoms with Crippen LogP contribution in [0.3, 0.4) is 0 Å². The Morgan fingerprint density at radius 2 is 1.19 bits per heavy atom. The first-order valence-corrected chi connectivity index (χ1v) is 27.6. The summed E-state index contributed by atoms with van der Waals surface area (Å²) in [6, 6.07) is 5.85. The average molecular weight is 1130 g/mol. The van der Waals surface area contributed by atoms with Crippen molar-refractivity contribution in [2.75, 3.05) is 24.6 Å². The molecule has 24 nitrogen and oxygen atoms in total. The number of phenols is 2. The van der Waals surface area contributed by atoms with Crippen LogP contribution in [0.4, 0.5) is 4.79 Å². The second-order valence-corrected chi connectivity index (χ2v) is 21.3. The Labute approximate surface area is 458 Å². The smallest absolute Gasteiger partial charge is 0.312 e. The first kappa shape index (κ1) is 62.7. The monoisotopic (exact) mass is 1130 g/mol. The Bertz CT molecular complexity index is 2480. The molecule has 0 bridgehead atoms. The van der Waals surface area contributed by atoms with Crippen LogP contribution in [0.15, 0.2) is 72.8 Å². The van der Waals surface area contributed by atoms with Gasteiger partial charge >= 0.3 is 6.03 Å². The molecule has 0 saturated carbocycles. The van der Waals surface area contributed by atoms with Gasteiger partial charge in [0, 0.05) is 35.9 Å². The van der Waals surface area contributed by atoms with Crippen molar-refractivity contribution < 1.29 is 58.5 Å². The Balaban J connectivity index is 1.79. The topological polar surface area (TPSA) is 415 Å². The van der Waals surface area contributed by atoms with Crippen molar-refractivity contribution in [2.45, 2.75) is 119 Å². The zero-order valence-electron chi connectivity index (χ0n) is 42.3. The fourth-order valence-electron chi connectivity index (χ4n) is 7.74. The lowest BCUT2D eigenvalue weighted by molar-refractivity contribution is -0.136. The van der Waals surface area contributed by atoms with Gasteiger partial charge in [-0.2, -0.15) is 0 Å². The Morgan fingerprint density at radius 3 is 1.77 bits per heavy atom. The number of rotatable bonds is 21. The molecule has 0 aromatic heterocycles. The summed E-state index contributed by atoms with van der Waals surface area (Å²) in [5, 5.41) is 52.0. The van der Waals surface area contributed by atoms with Crippen LogP contribution in [-0.4, -0.2) is 148 Å². The number of halogens is 1. The number of phenolic OH excluding ortho intramolecular Hbond substituents is 2. The minimum atomic E-state index is -1.74. The minimum Gasteiger partial charge on any atom is -0.508 e. The first-order chi connectivity index (χ1) is 36.6. The Hall–Kier alpha value is -6.84. The molecule has 77 heavy (non-hydrogen) atoms. The van der Waals surface area contributed by atoms with E-state index in [-0.39, 0.29) is 74.6 Å². The van der Waals surface area contributed by atoms with Gasteiger partial charge in [0.25, 0.3) is 0 Å². The highest BCUT2D eigenvalue weighted by Gasteiger charge is 2.36. The average Bonchev–Trinajstić information content (AvgIpc) is 3.38. The lowest BCUT2D eigenvalue weighted by Crippen LogP contribution is -2.62. The van der Waals surface area contributed by atoms with Crippen LogP contribution in [0.1, 0.15) is 62.1 Å². The maximum absolute atomic E-state index is 14.6. The van der Waals surface area contributed by atoms with Gasteiger partial charge in [0.05, 0.1) is 12.1 Å². The van der Waals surface area contributed by atoms with Crippen molar-refractivity contribution in [1.29, 1.82) is 0 Å². The van der Waals surface area contributed by atoms with Crippen molar-refractivity contribution in [1.82, 2.24) is 42.5 Å². The summed E-state index contributed by atoms with van der Waals surface area (Å²) in [4.78, 5) is 124. The second kappa shape index (κ2) is 32.0.